The Morgan fingerprint density at radius 2 is 0.539 bits per heavy atom. The maximum Gasteiger partial charge on any atom is 0.472 e. The van der Waals surface area contributed by atoms with Crippen molar-refractivity contribution in [3.8, 4) is 0 Å². The van der Waals surface area contributed by atoms with E-state index in [1.54, 1.807) is 0 Å². The van der Waals surface area contributed by atoms with Gasteiger partial charge in [-0.2, -0.15) is 0 Å². The Morgan fingerprint density at radius 3 is 0.798 bits per heavy atom. The van der Waals surface area contributed by atoms with Gasteiger partial charge in [-0.3, -0.25) is 37.3 Å². The number of phosphoric ester groups is 2. The van der Waals surface area contributed by atoms with Crippen molar-refractivity contribution in [3.63, 3.8) is 0 Å². The van der Waals surface area contributed by atoms with Gasteiger partial charge in [-0.15, -0.1) is 0 Å². The van der Waals surface area contributed by atoms with Crippen LogP contribution in [-0.4, -0.2) is 96.7 Å². The summed E-state index contributed by atoms with van der Waals surface area (Å²) in [6, 6.07) is 0. The summed E-state index contributed by atoms with van der Waals surface area (Å²) in [6.07, 6.45) is 42.1. The summed E-state index contributed by atoms with van der Waals surface area (Å²) in [5.74, 6) is 0.794. The quantitative estimate of drug-likeness (QED) is 0.0222. The van der Waals surface area contributed by atoms with Gasteiger partial charge in [0.15, 0.2) is 12.2 Å². The molecule has 0 spiro atoms. The maximum atomic E-state index is 13.0. The van der Waals surface area contributed by atoms with E-state index in [4.69, 9.17) is 37.0 Å². The normalized spacial score (nSPS) is 14.6. The van der Waals surface area contributed by atoms with Gasteiger partial charge in [0.25, 0.3) is 0 Å². The lowest BCUT2D eigenvalue weighted by atomic mass is 10.00. The molecule has 0 aromatic heterocycles. The minimum absolute atomic E-state index is 0.101. The number of phosphoric acid groups is 2. The first-order chi connectivity index (χ1) is 42.6. The summed E-state index contributed by atoms with van der Waals surface area (Å²) in [5.41, 5.74) is 0. The molecule has 0 fully saturated rings. The van der Waals surface area contributed by atoms with E-state index in [1.807, 2.05) is 0 Å². The minimum atomic E-state index is -4.95. The van der Waals surface area contributed by atoms with E-state index in [9.17, 15) is 43.2 Å². The second-order valence-corrected chi connectivity index (χ2v) is 29.8. The number of esters is 4. The number of aliphatic hydroxyl groups is 1. The van der Waals surface area contributed by atoms with Crippen LogP contribution in [0.15, 0.2) is 0 Å². The van der Waals surface area contributed by atoms with E-state index in [0.29, 0.717) is 31.6 Å². The third-order valence-corrected chi connectivity index (χ3v) is 18.3. The van der Waals surface area contributed by atoms with E-state index in [1.165, 1.54) is 141 Å². The molecule has 0 bridgehead atoms. The lowest BCUT2D eigenvalue weighted by molar-refractivity contribution is -0.161. The summed E-state index contributed by atoms with van der Waals surface area (Å²) in [7, 11) is -9.90. The first kappa shape index (κ1) is 87.1. The number of unbranched alkanes of at least 4 members (excludes halogenated alkanes) is 32. The first-order valence-corrected chi connectivity index (χ1v) is 39.2. The van der Waals surface area contributed by atoms with E-state index in [0.717, 1.165) is 114 Å². The number of hydrogen-bond acceptors (Lipinski definition) is 15. The van der Waals surface area contributed by atoms with Crippen molar-refractivity contribution in [2.75, 3.05) is 39.6 Å². The molecule has 0 aromatic carbocycles. The Bertz CT molecular complexity index is 1770. The Hall–Kier alpha value is -1.94. The van der Waals surface area contributed by atoms with Gasteiger partial charge < -0.3 is 33.8 Å². The van der Waals surface area contributed by atoms with Crippen LogP contribution in [-0.2, 0) is 65.4 Å². The van der Waals surface area contributed by atoms with E-state index < -0.39 is 97.5 Å². The molecule has 6 atom stereocenters. The van der Waals surface area contributed by atoms with Crippen LogP contribution in [0.3, 0.4) is 0 Å². The Kier molecular flexibility index (Phi) is 58.5. The van der Waals surface area contributed by atoms with Crippen LogP contribution < -0.4 is 0 Å². The number of carbonyl (C=O) groups excluding carboxylic acids is 4. The largest absolute Gasteiger partial charge is 0.472 e. The van der Waals surface area contributed by atoms with Crippen LogP contribution in [0.1, 0.15) is 344 Å². The summed E-state index contributed by atoms with van der Waals surface area (Å²) in [5, 5.41) is 10.6. The molecule has 528 valence electrons. The van der Waals surface area contributed by atoms with Gasteiger partial charge in [-0.1, -0.05) is 293 Å². The molecule has 0 radical (unpaired) electrons. The molecule has 0 saturated carbocycles. The van der Waals surface area contributed by atoms with Gasteiger partial charge in [-0.25, -0.2) is 9.13 Å². The molecule has 0 aliphatic heterocycles. The van der Waals surface area contributed by atoms with Crippen LogP contribution in [0, 0.1) is 23.7 Å². The molecule has 0 saturated heterocycles. The third kappa shape index (κ3) is 63.2. The van der Waals surface area contributed by atoms with Gasteiger partial charge in [0.05, 0.1) is 26.4 Å². The molecule has 0 aromatic rings. The standard InChI is InChI=1S/C70H136O17P2/c1-9-63(8)49-41-33-27-29-37-45-53-70(75)87-66(57-81-68(73)51-43-35-28-26-32-40-48-62(6)7)59-85-89(78,79)83-55-64(71)54-82-88(76,77)84-58-65(86-69(74)52-44-36-25-21-20-23-31-39-47-61(4)5)56-80-67(72)50-42-34-24-19-17-15-13-11-10-12-14-16-18-22-30-38-46-60(2)3/h60-66,71H,9-59H2,1-8H3,(H,76,77)(H,78,79)/t63?,64-,65-,66-/m1/s1. The molecular weight excluding hydrogens is 1170 g/mol. The second kappa shape index (κ2) is 59.8. The lowest BCUT2D eigenvalue weighted by Crippen LogP contribution is -2.30. The molecule has 17 nitrogen and oxygen atoms in total. The van der Waals surface area contributed by atoms with E-state index in [2.05, 4.69) is 55.4 Å². The van der Waals surface area contributed by atoms with Crippen molar-refractivity contribution in [3.05, 3.63) is 0 Å². The highest BCUT2D eigenvalue weighted by Crippen LogP contribution is 2.45. The van der Waals surface area contributed by atoms with Crippen LogP contribution in [0.25, 0.3) is 0 Å². The molecule has 0 rings (SSSR count). The monoisotopic (exact) mass is 1310 g/mol. The third-order valence-electron chi connectivity index (χ3n) is 16.4. The summed E-state index contributed by atoms with van der Waals surface area (Å²) in [6.45, 7) is 14.0. The number of hydrogen-bond donors (Lipinski definition) is 3. The molecule has 3 unspecified atom stereocenters. The van der Waals surface area contributed by atoms with Crippen molar-refractivity contribution in [1.82, 2.24) is 0 Å². The first-order valence-electron chi connectivity index (χ1n) is 36.2. The zero-order valence-corrected chi connectivity index (χ0v) is 59.8. The zero-order chi connectivity index (χ0) is 66.1. The van der Waals surface area contributed by atoms with Crippen molar-refractivity contribution in [2.45, 2.75) is 363 Å². The molecule has 0 amide bonds. The maximum absolute atomic E-state index is 13.0. The van der Waals surface area contributed by atoms with Gasteiger partial charge in [0, 0.05) is 25.7 Å². The second-order valence-electron chi connectivity index (χ2n) is 26.9. The highest BCUT2D eigenvalue weighted by Gasteiger charge is 2.30. The smallest absolute Gasteiger partial charge is 0.462 e. The topological polar surface area (TPSA) is 237 Å². The van der Waals surface area contributed by atoms with Crippen molar-refractivity contribution in [2.24, 2.45) is 23.7 Å². The van der Waals surface area contributed by atoms with E-state index >= 15 is 0 Å². The van der Waals surface area contributed by atoms with Crippen LogP contribution in [0.4, 0.5) is 0 Å². The highest BCUT2D eigenvalue weighted by atomic mass is 31.2. The van der Waals surface area contributed by atoms with Crippen molar-refractivity contribution < 1.29 is 80.2 Å². The summed E-state index contributed by atoms with van der Waals surface area (Å²) in [4.78, 5) is 72.4. The SMILES string of the molecule is CCC(C)CCCCCCCCC(=O)O[C@H](COC(=O)CCCCCCCCC(C)C)COP(=O)(O)OC[C@H](O)COP(=O)(O)OC[C@@H](COC(=O)CCCCCCCCCCCCCCCCCCC(C)C)OC(=O)CCCCCCCCCCC(C)C. The fourth-order valence-electron chi connectivity index (χ4n) is 10.5. The Morgan fingerprint density at radius 1 is 0.315 bits per heavy atom. The fraction of sp³-hybridized carbons (Fsp3) is 0.943. The number of ether oxygens (including phenoxy) is 4. The Labute approximate surface area is 543 Å². The summed E-state index contributed by atoms with van der Waals surface area (Å²) >= 11 is 0. The lowest BCUT2D eigenvalue weighted by Gasteiger charge is -2.21. The van der Waals surface area contributed by atoms with E-state index in [-0.39, 0.29) is 25.7 Å². The van der Waals surface area contributed by atoms with Crippen molar-refractivity contribution in [1.29, 1.82) is 0 Å². The van der Waals surface area contributed by atoms with Gasteiger partial charge in [0.2, 0.25) is 0 Å². The van der Waals surface area contributed by atoms with Gasteiger partial charge >= 0.3 is 39.5 Å². The molecule has 0 heterocycles. The molecule has 0 aliphatic carbocycles. The van der Waals surface area contributed by atoms with Crippen LogP contribution >= 0.6 is 15.6 Å². The predicted molar refractivity (Wildman–Crippen MR) is 358 cm³/mol. The van der Waals surface area contributed by atoms with Gasteiger partial charge in [-0.05, 0) is 49.4 Å². The molecular formula is C70H136O17P2. The highest BCUT2D eigenvalue weighted by molar-refractivity contribution is 7.47. The molecule has 3 N–H and O–H groups in total. The predicted octanol–water partition coefficient (Wildman–Crippen LogP) is 19.7. The van der Waals surface area contributed by atoms with Crippen LogP contribution in [0.5, 0.6) is 0 Å². The molecule has 19 heteroatoms. The molecule has 89 heavy (non-hydrogen) atoms. The fourth-order valence-corrected chi connectivity index (χ4v) is 12.0. The molecule has 0 aliphatic rings. The number of carbonyl (C=O) groups is 4. The average Bonchev–Trinajstić information content (AvgIpc) is 3.65. The zero-order valence-electron chi connectivity index (χ0n) is 58.1. The number of aliphatic hydroxyl groups excluding tert-OH is 1. The number of rotatable bonds is 67. The van der Waals surface area contributed by atoms with Gasteiger partial charge in [0.1, 0.15) is 19.3 Å². The van der Waals surface area contributed by atoms with Crippen molar-refractivity contribution >= 4 is 39.5 Å². The Balaban J connectivity index is 5.17. The van der Waals surface area contributed by atoms with Crippen LogP contribution in [0.2, 0.25) is 0 Å². The summed E-state index contributed by atoms with van der Waals surface area (Å²) < 4.78 is 68.2. The minimum Gasteiger partial charge on any atom is -0.462 e. The average molecular weight is 1310 g/mol.